The zero-order valence-corrected chi connectivity index (χ0v) is 9.96. The summed E-state index contributed by atoms with van der Waals surface area (Å²) in [4.78, 5) is 0. The first kappa shape index (κ1) is 12.0. The highest BCUT2D eigenvalue weighted by molar-refractivity contribution is 5.52. The molecule has 0 fully saturated rings. The van der Waals surface area contributed by atoms with E-state index in [2.05, 4.69) is 56.4 Å². The molecule has 15 heavy (non-hydrogen) atoms. The van der Waals surface area contributed by atoms with Crippen LogP contribution in [0.4, 0.5) is 0 Å². The van der Waals surface area contributed by atoms with Crippen molar-refractivity contribution >= 4 is 6.08 Å². The van der Waals surface area contributed by atoms with Crippen LogP contribution in [0.1, 0.15) is 26.3 Å². The minimum atomic E-state index is 0.717. The molecule has 0 bridgehead atoms. The Bertz CT molecular complexity index is 298. The second-order valence-corrected chi connectivity index (χ2v) is 4.43. The van der Waals surface area contributed by atoms with Gasteiger partial charge < -0.3 is 5.32 Å². The molecule has 0 spiro atoms. The van der Waals surface area contributed by atoms with Crippen molar-refractivity contribution in [2.24, 2.45) is 5.92 Å². The Balaban J connectivity index is 2.40. The van der Waals surface area contributed by atoms with Gasteiger partial charge in [-0.3, -0.25) is 0 Å². The van der Waals surface area contributed by atoms with Crippen LogP contribution < -0.4 is 5.32 Å². The maximum Gasteiger partial charge on any atom is 0.0165 e. The molecule has 0 unspecified atom stereocenters. The Morgan fingerprint density at radius 1 is 1.27 bits per heavy atom. The summed E-state index contributed by atoms with van der Waals surface area (Å²) in [5.74, 6) is 0.717. The molecule has 0 aromatic heterocycles. The Morgan fingerprint density at radius 2 is 1.93 bits per heavy atom. The first-order valence-electron chi connectivity index (χ1n) is 5.61. The molecule has 0 aliphatic carbocycles. The zero-order valence-electron chi connectivity index (χ0n) is 9.96. The average Bonchev–Trinajstić information content (AvgIpc) is 2.18. The molecular formula is C14H21N. The summed E-state index contributed by atoms with van der Waals surface area (Å²) < 4.78 is 0. The van der Waals surface area contributed by atoms with Crippen LogP contribution in [-0.2, 0) is 0 Å². The van der Waals surface area contributed by atoms with Crippen LogP contribution in [0.15, 0.2) is 35.9 Å². The van der Waals surface area contributed by atoms with Gasteiger partial charge in [0, 0.05) is 6.54 Å². The molecule has 0 saturated carbocycles. The van der Waals surface area contributed by atoms with E-state index in [0.29, 0.717) is 0 Å². The number of nitrogens with one attached hydrogen (secondary N) is 1. The van der Waals surface area contributed by atoms with Crippen LogP contribution >= 0.6 is 0 Å². The molecule has 0 aliphatic rings. The molecule has 0 radical (unpaired) electrons. The summed E-state index contributed by atoms with van der Waals surface area (Å²) in [6.07, 6.45) is 2.23. The fraction of sp³-hybridized carbons (Fsp3) is 0.429. The Hall–Kier alpha value is -1.08. The first-order valence-corrected chi connectivity index (χ1v) is 5.61. The van der Waals surface area contributed by atoms with Crippen LogP contribution in [-0.4, -0.2) is 13.1 Å². The zero-order chi connectivity index (χ0) is 11.1. The van der Waals surface area contributed by atoms with Crippen LogP contribution in [0.25, 0.3) is 6.08 Å². The third-order valence-corrected chi connectivity index (χ3v) is 2.17. The Kier molecular flexibility index (Phi) is 5.13. The fourth-order valence-corrected chi connectivity index (χ4v) is 1.44. The summed E-state index contributed by atoms with van der Waals surface area (Å²) >= 11 is 0. The molecular weight excluding hydrogens is 182 g/mol. The van der Waals surface area contributed by atoms with Gasteiger partial charge in [-0.25, -0.2) is 0 Å². The standard InChI is InChI=1S/C14H21N/c1-12(2)10-15-11-13(3)9-14-7-5-4-6-8-14/h4-9,12,15H,10-11H2,1-3H3/b13-9+. The molecule has 0 amide bonds. The van der Waals surface area contributed by atoms with E-state index in [9.17, 15) is 0 Å². The van der Waals surface area contributed by atoms with E-state index in [1.165, 1.54) is 11.1 Å². The highest BCUT2D eigenvalue weighted by atomic mass is 14.8. The molecule has 1 rings (SSSR count). The van der Waals surface area contributed by atoms with E-state index in [1.54, 1.807) is 0 Å². The van der Waals surface area contributed by atoms with E-state index in [1.807, 2.05) is 6.07 Å². The number of benzene rings is 1. The highest BCUT2D eigenvalue weighted by Gasteiger charge is 1.94. The van der Waals surface area contributed by atoms with Gasteiger partial charge in [0.25, 0.3) is 0 Å². The lowest BCUT2D eigenvalue weighted by molar-refractivity contribution is 0.572. The van der Waals surface area contributed by atoms with Gasteiger partial charge in [-0.05, 0) is 24.9 Å². The minimum absolute atomic E-state index is 0.717. The van der Waals surface area contributed by atoms with Crippen molar-refractivity contribution in [3.8, 4) is 0 Å². The second-order valence-electron chi connectivity index (χ2n) is 4.43. The average molecular weight is 203 g/mol. The van der Waals surface area contributed by atoms with Crippen LogP contribution in [0.5, 0.6) is 0 Å². The lowest BCUT2D eigenvalue weighted by atomic mass is 10.1. The van der Waals surface area contributed by atoms with E-state index < -0.39 is 0 Å². The summed E-state index contributed by atoms with van der Waals surface area (Å²) in [6, 6.07) is 10.4. The molecule has 0 heterocycles. The van der Waals surface area contributed by atoms with Crippen molar-refractivity contribution in [3.05, 3.63) is 41.5 Å². The molecule has 0 aliphatic heterocycles. The van der Waals surface area contributed by atoms with E-state index >= 15 is 0 Å². The van der Waals surface area contributed by atoms with Gasteiger partial charge in [0.2, 0.25) is 0 Å². The molecule has 1 nitrogen and oxygen atoms in total. The first-order chi connectivity index (χ1) is 7.18. The van der Waals surface area contributed by atoms with Crippen LogP contribution in [0.3, 0.4) is 0 Å². The van der Waals surface area contributed by atoms with E-state index in [4.69, 9.17) is 0 Å². The smallest absolute Gasteiger partial charge is 0.0165 e. The van der Waals surface area contributed by atoms with Crippen LogP contribution in [0, 0.1) is 5.92 Å². The maximum atomic E-state index is 3.44. The molecule has 0 atom stereocenters. The van der Waals surface area contributed by atoms with Crippen molar-refractivity contribution in [2.45, 2.75) is 20.8 Å². The fourth-order valence-electron chi connectivity index (χ4n) is 1.44. The summed E-state index contributed by atoms with van der Waals surface area (Å²) in [6.45, 7) is 8.68. The molecule has 1 aromatic rings. The predicted molar refractivity (Wildman–Crippen MR) is 67.8 cm³/mol. The van der Waals surface area contributed by atoms with Gasteiger partial charge in [-0.1, -0.05) is 55.8 Å². The normalized spacial score (nSPS) is 12.1. The quantitative estimate of drug-likeness (QED) is 0.774. The van der Waals surface area contributed by atoms with Crippen molar-refractivity contribution in [1.82, 2.24) is 5.32 Å². The van der Waals surface area contributed by atoms with Gasteiger partial charge in [-0.2, -0.15) is 0 Å². The van der Waals surface area contributed by atoms with Crippen LogP contribution in [0.2, 0.25) is 0 Å². The number of hydrogen-bond donors (Lipinski definition) is 1. The predicted octanol–water partition coefficient (Wildman–Crippen LogP) is 3.34. The van der Waals surface area contributed by atoms with Crippen molar-refractivity contribution in [3.63, 3.8) is 0 Å². The van der Waals surface area contributed by atoms with Crippen molar-refractivity contribution < 1.29 is 0 Å². The summed E-state index contributed by atoms with van der Waals surface area (Å²) in [7, 11) is 0. The lowest BCUT2D eigenvalue weighted by Crippen LogP contribution is -2.21. The topological polar surface area (TPSA) is 12.0 Å². The second kappa shape index (κ2) is 6.41. The van der Waals surface area contributed by atoms with Gasteiger partial charge in [0.05, 0.1) is 0 Å². The number of hydrogen-bond acceptors (Lipinski definition) is 1. The monoisotopic (exact) mass is 203 g/mol. The minimum Gasteiger partial charge on any atom is -0.313 e. The Labute approximate surface area is 93.2 Å². The molecule has 1 aromatic carbocycles. The maximum absolute atomic E-state index is 3.44. The largest absolute Gasteiger partial charge is 0.313 e. The SMILES string of the molecule is C/C(=C\c1ccccc1)CNCC(C)C. The molecule has 0 saturated heterocycles. The molecule has 82 valence electrons. The highest BCUT2D eigenvalue weighted by Crippen LogP contribution is 2.05. The lowest BCUT2D eigenvalue weighted by Gasteiger charge is -2.07. The molecule has 1 heteroatoms. The third kappa shape index (κ3) is 5.38. The van der Waals surface area contributed by atoms with E-state index in [0.717, 1.165) is 19.0 Å². The number of rotatable bonds is 5. The molecule has 1 N–H and O–H groups in total. The third-order valence-electron chi connectivity index (χ3n) is 2.17. The summed E-state index contributed by atoms with van der Waals surface area (Å²) in [5, 5.41) is 3.44. The Morgan fingerprint density at radius 3 is 2.53 bits per heavy atom. The van der Waals surface area contributed by atoms with Gasteiger partial charge >= 0.3 is 0 Å². The van der Waals surface area contributed by atoms with Crippen molar-refractivity contribution in [2.75, 3.05) is 13.1 Å². The van der Waals surface area contributed by atoms with Gasteiger partial charge in [-0.15, -0.1) is 0 Å². The van der Waals surface area contributed by atoms with E-state index in [-0.39, 0.29) is 0 Å². The summed E-state index contributed by atoms with van der Waals surface area (Å²) in [5.41, 5.74) is 2.66. The van der Waals surface area contributed by atoms with Gasteiger partial charge in [0.1, 0.15) is 0 Å². The van der Waals surface area contributed by atoms with Crippen molar-refractivity contribution in [1.29, 1.82) is 0 Å². The van der Waals surface area contributed by atoms with Gasteiger partial charge in [0.15, 0.2) is 0 Å².